The molecule has 0 aromatic rings. The van der Waals surface area contributed by atoms with E-state index in [1.54, 1.807) is 11.8 Å². The molecule has 0 aliphatic carbocycles. The van der Waals surface area contributed by atoms with Crippen molar-refractivity contribution in [2.24, 2.45) is 4.99 Å². The predicted octanol–water partition coefficient (Wildman–Crippen LogP) is -3.71. The average Bonchev–Trinajstić information content (AvgIpc) is 2.14. The minimum absolute atomic E-state index is 0. The summed E-state index contributed by atoms with van der Waals surface area (Å²) in [6.07, 6.45) is 2.06. The van der Waals surface area contributed by atoms with Crippen molar-refractivity contribution in [1.82, 2.24) is 0 Å². The second kappa shape index (κ2) is 4.58. The van der Waals surface area contributed by atoms with E-state index in [2.05, 4.69) is 16.6 Å². The first-order valence-electron chi connectivity index (χ1n) is 2.35. The lowest BCUT2D eigenvalue weighted by molar-refractivity contribution is -0.522. The molecule has 0 spiro atoms. The first-order valence-corrected chi connectivity index (χ1v) is 3.57. The Morgan fingerprint density at radius 1 is 1.75 bits per heavy atom. The molecule has 0 amide bonds. The summed E-state index contributed by atoms with van der Waals surface area (Å²) in [4.78, 5) is 4.18. The summed E-state index contributed by atoms with van der Waals surface area (Å²) >= 11 is 1.73. The molecule has 1 aliphatic rings. The van der Waals surface area contributed by atoms with Crippen LogP contribution in [-0.2, 0) is 0 Å². The van der Waals surface area contributed by atoms with Crippen molar-refractivity contribution in [3.63, 3.8) is 0 Å². The molecule has 8 heavy (non-hydrogen) atoms. The normalized spacial score (nSPS) is 17.4. The first-order chi connectivity index (χ1) is 3.43. The standard InChI is InChI=1S/C4H8N2S.HI/c1-7-4-5-2-3-6-4;/h2-3H2,1H3,(H,5,6);1H. The van der Waals surface area contributed by atoms with Gasteiger partial charge in [0.15, 0.2) is 0 Å². The average molecular weight is 244 g/mol. The van der Waals surface area contributed by atoms with E-state index in [4.69, 9.17) is 0 Å². The molecule has 0 radical (unpaired) electrons. The van der Waals surface area contributed by atoms with Gasteiger partial charge >= 0.3 is 0 Å². The predicted molar refractivity (Wildman–Crippen MR) is 32.6 cm³/mol. The van der Waals surface area contributed by atoms with Gasteiger partial charge in [0.2, 0.25) is 0 Å². The molecule has 0 fully saturated rings. The van der Waals surface area contributed by atoms with E-state index in [-0.39, 0.29) is 24.0 Å². The van der Waals surface area contributed by atoms with Crippen LogP contribution in [0.3, 0.4) is 0 Å². The monoisotopic (exact) mass is 244 g/mol. The molecule has 1 rings (SSSR count). The number of thioether (sulfide) groups is 1. The van der Waals surface area contributed by atoms with Crippen LogP contribution >= 0.6 is 11.8 Å². The minimum Gasteiger partial charge on any atom is -1.00 e. The number of hydrogen-bond acceptors (Lipinski definition) is 2. The zero-order valence-corrected chi connectivity index (χ0v) is 7.70. The Morgan fingerprint density at radius 3 is 2.75 bits per heavy atom. The maximum atomic E-state index is 4.18. The Bertz CT molecular complexity index is 94.0. The largest absolute Gasteiger partial charge is 1.00 e. The Labute approximate surface area is 70.5 Å². The summed E-state index contributed by atoms with van der Waals surface area (Å²) in [5, 5.41) is 3.38. The molecule has 1 heterocycles. The van der Waals surface area contributed by atoms with Gasteiger partial charge in [-0.2, -0.15) is 0 Å². The van der Waals surface area contributed by atoms with Crippen molar-refractivity contribution in [3.8, 4) is 0 Å². The van der Waals surface area contributed by atoms with E-state index in [9.17, 15) is 0 Å². The molecule has 0 atom stereocenters. The second-order valence-electron chi connectivity index (χ2n) is 1.42. The van der Waals surface area contributed by atoms with Gasteiger partial charge in [-0.3, -0.25) is 5.32 Å². The third-order valence-corrected chi connectivity index (χ3v) is 1.64. The maximum Gasteiger partial charge on any atom is 0.255 e. The molecule has 0 bridgehead atoms. The van der Waals surface area contributed by atoms with E-state index in [0.717, 1.165) is 13.1 Å². The van der Waals surface area contributed by atoms with Gasteiger partial charge in [0.25, 0.3) is 5.17 Å². The second-order valence-corrected chi connectivity index (χ2v) is 2.24. The highest BCUT2D eigenvalue weighted by atomic mass is 127. The number of rotatable bonds is 0. The van der Waals surface area contributed by atoms with Crippen LogP contribution < -0.4 is 29.3 Å². The molecular weight excluding hydrogens is 235 g/mol. The fourth-order valence-electron chi connectivity index (χ4n) is 0.575. The molecule has 0 saturated carbocycles. The van der Waals surface area contributed by atoms with E-state index < -0.39 is 0 Å². The molecule has 0 aromatic carbocycles. The fourth-order valence-corrected chi connectivity index (χ4v) is 1.08. The van der Waals surface area contributed by atoms with Crippen molar-refractivity contribution in [2.45, 2.75) is 0 Å². The van der Waals surface area contributed by atoms with Crippen molar-refractivity contribution in [1.29, 1.82) is 0 Å². The zero-order valence-electron chi connectivity index (χ0n) is 4.72. The van der Waals surface area contributed by atoms with Crippen molar-refractivity contribution in [2.75, 3.05) is 19.3 Å². The molecule has 0 aromatic heterocycles. The summed E-state index contributed by atoms with van der Waals surface area (Å²) in [5.41, 5.74) is 0. The molecule has 4 heteroatoms. The molecule has 0 saturated heterocycles. The maximum absolute atomic E-state index is 4.18. The van der Waals surface area contributed by atoms with Gasteiger partial charge in [0.1, 0.15) is 6.54 Å². The molecular formula is C4H9IN2S. The van der Waals surface area contributed by atoms with Crippen LogP contribution in [0.1, 0.15) is 0 Å². The van der Waals surface area contributed by atoms with Gasteiger partial charge in [0.05, 0.1) is 6.54 Å². The van der Waals surface area contributed by atoms with Crippen molar-refractivity contribution >= 4 is 16.9 Å². The fraction of sp³-hybridized carbons (Fsp3) is 0.750. The molecule has 0 unspecified atom stereocenters. The molecule has 2 N–H and O–H groups in total. The van der Waals surface area contributed by atoms with Crippen molar-refractivity contribution < 1.29 is 29.3 Å². The number of aliphatic imine (C=N–C) groups is 1. The highest BCUT2D eigenvalue weighted by molar-refractivity contribution is 8.12. The van der Waals surface area contributed by atoms with Crippen LogP contribution in [0.4, 0.5) is 0 Å². The number of nitrogens with zero attached hydrogens (tertiary/aromatic N) is 1. The summed E-state index contributed by atoms with van der Waals surface area (Å²) in [5.74, 6) is 0. The Kier molecular flexibility index (Phi) is 4.98. The number of nitrogens with two attached hydrogens (primary N) is 1. The van der Waals surface area contributed by atoms with Gasteiger partial charge in [-0.1, -0.05) is 11.8 Å². The lowest BCUT2D eigenvalue weighted by atomic mass is 10.7. The van der Waals surface area contributed by atoms with Gasteiger partial charge in [-0.05, 0) is 6.26 Å². The van der Waals surface area contributed by atoms with Crippen LogP contribution in [0.2, 0.25) is 0 Å². The van der Waals surface area contributed by atoms with Gasteiger partial charge in [-0.25, -0.2) is 4.99 Å². The van der Waals surface area contributed by atoms with Crippen LogP contribution in [0.5, 0.6) is 0 Å². The minimum atomic E-state index is 0. The topological polar surface area (TPSA) is 29.0 Å². The zero-order chi connectivity index (χ0) is 5.11. The Balaban J connectivity index is 0.000000490. The van der Waals surface area contributed by atoms with Gasteiger partial charge in [-0.15, -0.1) is 0 Å². The molecule has 48 valence electrons. The Hall–Kier alpha value is 0.710. The lowest BCUT2D eigenvalue weighted by Crippen LogP contribution is -3.00. The first kappa shape index (κ1) is 8.71. The summed E-state index contributed by atoms with van der Waals surface area (Å²) in [6.45, 7) is 2.16. The van der Waals surface area contributed by atoms with Crippen LogP contribution in [-0.4, -0.2) is 24.5 Å². The van der Waals surface area contributed by atoms with E-state index >= 15 is 0 Å². The number of halogens is 1. The number of amidine groups is 1. The third-order valence-electron chi connectivity index (χ3n) is 0.925. The molecule has 2 nitrogen and oxygen atoms in total. The van der Waals surface area contributed by atoms with Gasteiger partial charge in [0, 0.05) is 0 Å². The SMILES string of the molecule is CSC1=NCC[NH2+]1.[I-]. The van der Waals surface area contributed by atoms with Crippen LogP contribution in [0, 0.1) is 0 Å². The quantitative estimate of drug-likeness (QED) is 0.436. The molecule has 1 aliphatic heterocycles. The van der Waals surface area contributed by atoms with Gasteiger partial charge < -0.3 is 24.0 Å². The highest BCUT2D eigenvalue weighted by Gasteiger charge is 2.05. The third kappa shape index (κ3) is 2.32. The summed E-state index contributed by atoms with van der Waals surface area (Å²) in [7, 11) is 0. The number of hydrogen-bond donors (Lipinski definition) is 1. The van der Waals surface area contributed by atoms with E-state index in [0.29, 0.717) is 0 Å². The van der Waals surface area contributed by atoms with E-state index in [1.165, 1.54) is 5.17 Å². The summed E-state index contributed by atoms with van der Waals surface area (Å²) < 4.78 is 0. The lowest BCUT2D eigenvalue weighted by Gasteiger charge is -1.84. The number of quaternary nitrogens is 1. The smallest absolute Gasteiger partial charge is 0.255 e. The van der Waals surface area contributed by atoms with Crippen LogP contribution in [0.25, 0.3) is 0 Å². The Morgan fingerprint density at radius 2 is 2.50 bits per heavy atom. The van der Waals surface area contributed by atoms with Crippen molar-refractivity contribution in [3.05, 3.63) is 0 Å². The summed E-state index contributed by atoms with van der Waals surface area (Å²) in [6, 6.07) is 0. The van der Waals surface area contributed by atoms with E-state index in [1.807, 2.05) is 0 Å². The highest BCUT2D eigenvalue weighted by Crippen LogP contribution is 1.91. The van der Waals surface area contributed by atoms with Crippen LogP contribution in [0.15, 0.2) is 4.99 Å².